The van der Waals surface area contributed by atoms with Crippen molar-refractivity contribution in [1.29, 1.82) is 0 Å². The predicted molar refractivity (Wildman–Crippen MR) is 71.2 cm³/mol. The number of aromatic nitrogens is 3. The van der Waals surface area contributed by atoms with Crippen molar-refractivity contribution in [3.05, 3.63) is 11.4 Å². The lowest BCUT2D eigenvalue weighted by Gasteiger charge is -2.16. The molecule has 0 amide bonds. The molecule has 0 aliphatic carbocycles. The van der Waals surface area contributed by atoms with E-state index in [1.807, 2.05) is 0 Å². The van der Waals surface area contributed by atoms with Crippen LogP contribution in [-0.2, 0) is 12.8 Å². The molecule has 0 aromatic carbocycles. The molecule has 1 N–H and O–H groups in total. The zero-order chi connectivity index (χ0) is 12.7. The number of anilines is 1. The van der Waals surface area contributed by atoms with Gasteiger partial charge < -0.3 is 5.32 Å². The van der Waals surface area contributed by atoms with Gasteiger partial charge in [0.1, 0.15) is 0 Å². The van der Waals surface area contributed by atoms with Gasteiger partial charge in [0.25, 0.3) is 0 Å². The third-order valence-electron chi connectivity index (χ3n) is 2.97. The number of nitrogens with zero attached hydrogens (tertiary/aromatic N) is 3. The van der Waals surface area contributed by atoms with Gasteiger partial charge in [0, 0.05) is 6.04 Å². The van der Waals surface area contributed by atoms with Crippen molar-refractivity contribution in [2.24, 2.45) is 0 Å². The first-order valence-electron chi connectivity index (χ1n) is 6.74. The van der Waals surface area contributed by atoms with Gasteiger partial charge in [0.05, 0.1) is 11.4 Å². The van der Waals surface area contributed by atoms with Crippen LogP contribution in [0.25, 0.3) is 0 Å². The maximum Gasteiger partial charge on any atom is 0.243 e. The smallest absolute Gasteiger partial charge is 0.243 e. The molecule has 0 spiro atoms. The van der Waals surface area contributed by atoms with E-state index >= 15 is 0 Å². The number of nitrogens with one attached hydrogen (secondary N) is 1. The fraction of sp³-hybridized carbons (Fsp3) is 0.769. The van der Waals surface area contributed by atoms with Crippen LogP contribution in [0.4, 0.5) is 5.95 Å². The SMILES string of the molecule is CCCC(CC)Nc1nnc(CC)c(CC)n1. The molecule has 0 aliphatic heterocycles. The molecule has 1 heterocycles. The van der Waals surface area contributed by atoms with Crippen molar-refractivity contribution in [3.63, 3.8) is 0 Å². The van der Waals surface area contributed by atoms with Gasteiger partial charge in [-0.05, 0) is 25.7 Å². The van der Waals surface area contributed by atoms with Crippen molar-refractivity contribution < 1.29 is 0 Å². The number of hydrogen-bond donors (Lipinski definition) is 1. The molecular weight excluding hydrogens is 212 g/mol. The average molecular weight is 236 g/mol. The molecule has 0 radical (unpaired) electrons. The summed E-state index contributed by atoms with van der Waals surface area (Å²) in [5, 5.41) is 11.8. The summed E-state index contributed by atoms with van der Waals surface area (Å²) in [5.74, 6) is 0.680. The highest BCUT2D eigenvalue weighted by Gasteiger charge is 2.09. The fourth-order valence-corrected chi connectivity index (χ4v) is 1.91. The lowest BCUT2D eigenvalue weighted by molar-refractivity contribution is 0.613. The Balaban J connectivity index is 2.77. The lowest BCUT2D eigenvalue weighted by Crippen LogP contribution is -2.21. The van der Waals surface area contributed by atoms with E-state index in [1.54, 1.807) is 0 Å². The highest BCUT2D eigenvalue weighted by atomic mass is 15.2. The topological polar surface area (TPSA) is 50.7 Å². The van der Waals surface area contributed by atoms with E-state index in [-0.39, 0.29) is 0 Å². The van der Waals surface area contributed by atoms with Gasteiger partial charge >= 0.3 is 0 Å². The van der Waals surface area contributed by atoms with Crippen LogP contribution >= 0.6 is 0 Å². The summed E-state index contributed by atoms with van der Waals surface area (Å²) in [6, 6.07) is 0.457. The van der Waals surface area contributed by atoms with Crippen LogP contribution in [0.5, 0.6) is 0 Å². The summed E-state index contributed by atoms with van der Waals surface area (Å²) in [5.41, 5.74) is 2.08. The van der Waals surface area contributed by atoms with Crippen LogP contribution in [0.3, 0.4) is 0 Å². The van der Waals surface area contributed by atoms with E-state index in [2.05, 4.69) is 48.2 Å². The number of hydrogen-bond acceptors (Lipinski definition) is 4. The predicted octanol–water partition coefficient (Wildman–Crippen LogP) is 2.99. The molecule has 96 valence electrons. The largest absolute Gasteiger partial charge is 0.350 e. The van der Waals surface area contributed by atoms with Crippen molar-refractivity contribution in [3.8, 4) is 0 Å². The first-order valence-corrected chi connectivity index (χ1v) is 6.74. The maximum absolute atomic E-state index is 4.55. The first-order chi connectivity index (χ1) is 8.24. The van der Waals surface area contributed by atoms with Crippen molar-refractivity contribution in [2.75, 3.05) is 5.32 Å². The quantitative estimate of drug-likeness (QED) is 0.790. The second kappa shape index (κ2) is 7.20. The van der Waals surface area contributed by atoms with Crippen LogP contribution in [0.1, 0.15) is 58.3 Å². The van der Waals surface area contributed by atoms with Gasteiger partial charge in [-0.3, -0.25) is 0 Å². The first kappa shape index (κ1) is 13.9. The van der Waals surface area contributed by atoms with E-state index in [0.29, 0.717) is 12.0 Å². The summed E-state index contributed by atoms with van der Waals surface area (Å²) in [4.78, 5) is 4.55. The van der Waals surface area contributed by atoms with Gasteiger partial charge in [0.15, 0.2) is 0 Å². The van der Waals surface area contributed by atoms with Crippen LogP contribution in [0.15, 0.2) is 0 Å². The summed E-state index contributed by atoms with van der Waals surface area (Å²) in [6.07, 6.45) is 5.23. The van der Waals surface area contributed by atoms with Crippen molar-refractivity contribution >= 4 is 5.95 Å². The molecular formula is C13H24N4. The molecule has 0 bridgehead atoms. The lowest BCUT2D eigenvalue weighted by atomic mass is 10.1. The second-order valence-electron chi connectivity index (χ2n) is 4.27. The Labute approximate surface area is 104 Å². The second-order valence-corrected chi connectivity index (χ2v) is 4.27. The van der Waals surface area contributed by atoms with Crippen LogP contribution in [-0.4, -0.2) is 21.2 Å². The Kier molecular flexibility index (Phi) is 5.87. The molecule has 0 aliphatic rings. The molecule has 17 heavy (non-hydrogen) atoms. The number of aryl methyl sites for hydroxylation is 2. The minimum absolute atomic E-state index is 0.457. The highest BCUT2D eigenvalue weighted by molar-refractivity contribution is 5.27. The summed E-state index contributed by atoms with van der Waals surface area (Å²) in [7, 11) is 0. The van der Waals surface area contributed by atoms with E-state index in [4.69, 9.17) is 0 Å². The monoisotopic (exact) mass is 236 g/mol. The van der Waals surface area contributed by atoms with Gasteiger partial charge in [-0.15, -0.1) is 5.10 Å². The fourth-order valence-electron chi connectivity index (χ4n) is 1.91. The number of rotatable bonds is 7. The molecule has 4 heteroatoms. The molecule has 1 unspecified atom stereocenters. The van der Waals surface area contributed by atoms with Gasteiger partial charge in [-0.1, -0.05) is 34.1 Å². The van der Waals surface area contributed by atoms with Crippen molar-refractivity contribution in [1.82, 2.24) is 15.2 Å². The molecule has 0 saturated heterocycles. The molecule has 4 nitrogen and oxygen atoms in total. The molecule has 1 rings (SSSR count). The Hall–Kier alpha value is -1.19. The third-order valence-corrected chi connectivity index (χ3v) is 2.97. The Morgan fingerprint density at radius 2 is 1.71 bits per heavy atom. The molecule has 1 aromatic rings. The van der Waals surface area contributed by atoms with Crippen LogP contribution in [0.2, 0.25) is 0 Å². The third kappa shape index (κ3) is 3.95. The molecule has 0 fully saturated rings. The highest BCUT2D eigenvalue weighted by Crippen LogP contribution is 2.11. The zero-order valence-corrected chi connectivity index (χ0v) is 11.5. The van der Waals surface area contributed by atoms with Gasteiger partial charge in [-0.2, -0.15) is 5.10 Å². The van der Waals surface area contributed by atoms with Crippen molar-refractivity contribution in [2.45, 2.75) is 65.8 Å². The standard InChI is InChI=1S/C13H24N4/c1-5-9-10(6-2)14-13-15-11(7-3)12(8-4)16-17-13/h10H,5-9H2,1-4H3,(H,14,15,17). The molecule has 0 saturated carbocycles. The van der Waals surface area contributed by atoms with E-state index in [0.717, 1.165) is 37.1 Å². The minimum atomic E-state index is 0.457. The molecule has 1 atom stereocenters. The summed E-state index contributed by atoms with van der Waals surface area (Å²) in [6.45, 7) is 8.57. The normalized spacial score (nSPS) is 12.5. The zero-order valence-electron chi connectivity index (χ0n) is 11.5. The average Bonchev–Trinajstić information content (AvgIpc) is 2.38. The Bertz CT molecular complexity index is 338. The summed E-state index contributed by atoms with van der Waals surface area (Å²) < 4.78 is 0. The van der Waals surface area contributed by atoms with Gasteiger partial charge in [0.2, 0.25) is 5.95 Å². The Morgan fingerprint density at radius 1 is 1.00 bits per heavy atom. The Morgan fingerprint density at radius 3 is 2.24 bits per heavy atom. The van der Waals surface area contributed by atoms with Gasteiger partial charge in [-0.25, -0.2) is 4.98 Å². The van der Waals surface area contributed by atoms with Crippen LogP contribution < -0.4 is 5.32 Å². The molecule has 1 aromatic heterocycles. The minimum Gasteiger partial charge on any atom is -0.350 e. The van der Waals surface area contributed by atoms with E-state index in [9.17, 15) is 0 Å². The van der Waals surface area contributed by atoms with E-state index < -0.39 is 0 Å². The summed E-state index contributed by atoms with van der Waals surface area (Å²) >= 11 is 0. The van der Waals surface area contributed by atoms with Crippen LogP contribution in [0, 0.1) is 0 Å². The maximum atomic E-state index is 4.55. The van der Waals surface area contributed by atoms with E-state index in [1.165, 1.54) is 6.42 Å².